The number of hydrogen-bond acceptors (Lipinski definition) is 3. The number of benzene rings is 1. The van der Waals surface area contributed by atoms with Gasteiger partial charge in [-0.2, -0.15) is 0 Å². The topological polar surface area (TPSA) is 35.5 Å². The maximum Gasteiger partial charge on any atom is 0.312 e. The second-order valence-corrected chi connectivity index (χ2v) is 6.86. The molecule has 1 aromatic carbocycles. The van der Waals surface area contributed by atoms with Crippen LogP contribution in [0.25, 0.3) is 0 Å². The van der Waals surface area contributed by atoms with Crippen molar-refractivity contribution in [3.63, 3.8) is 0 Å². The van der Waals surface area contributed by atoms with Gasteiger partial charge in [0.15, 0.2) is 0 Å². The standard InChI is InChI=1S/C19H27FO3/c1-4-5-10-22-12-14(2)13-23-18(21)19(3)11-17(19)15-6-8-16(20)9-7-15/h6-9,14,17H,4-5,10-13H2,1-3H3/t14-,17+,19-/m1/s1. The average molecular weight is 322 g/mol. The number of esters is 1. The highest BCUT2D eigenvalue weighted by Gasteiger charge is 2.57. The Balaban J connectivity index is 1.74. The molecule has 23 heavy (non-hydrogen) atoms. The van der Waals surface area contributed by atoms with E-state index in [4.69, 9.17) is 9.47 Å². The van der Waals surface area contributed by atoms with Gasteiger partial charge in [0.05, 0.1) is 18.6 Å². The van der Waals surface area contributed by atoms with E-state index in [0.29, 0.717) is 13.2 Å². The molecule has 0 amide bonds. The van der Waals surface area contributed by atoms with E-state index in [1.807, 2.05) is 13.8 Å². The first-order chi connectivity index (χ1) is 11.0. The third-order valence-corrected chi connectivity index (χ3v) is 4.52. The molecule has 0 radical (unpaired) electrons. The summed E-state index contributed by atoms with van der Waals surface area (Å²) in [4.78, 5) is 12.3. The number of unbranched alkanes of at least 4 members (excludes halogenated alkanes) is 1. The van der Waals surface area contributed by atoms with E-state index in [-0.39, 0.29) is 23.6 Å². The lowest BCUT2D eigenvalue weighted by Crippen LogP contribution is -2.22. The zero-order valence-electron chi connectivity index (χ0n) is 14.3. The number of ether oxygens (including phenoxy) is 2. The van der Waals surface area contributed by atoms with E-state index in [2.05, 4.69) is 6.92 Å². The van der Waals surface area contributed by atoms with Crippen molar-refractivity contribution in [1.29, 1.82) is 0 Å². The van der Waals surface area contributed by atoms with E-state index in [1.165, 1.54) is 12.1 Å². The van der Waals surface area contributed by atoms with Crippen LogP contribution in [0.4, 0.5) is 4.39 Å². The van der Waals surface area contributed by atoms with Crippen molar-refractivity contribution in [2.45, 2.75) is 46.0 Å². The van der Waals surface area contributed by atoms with Gasteiger partial charge < -0.3 is 9.47 Å². The largest absolute Gasteiger partial charge is 0.465 e. The summed E-state index contributed by atoms with van der Waals surface area (Å²) in [5, 5.41) is 0. The molecular weight excluding hydrogens is 295 g/mol. The Morgan fingerprint density at radius 3 is 2.70 bits per heavy atom. The molecule has 0 unspecified atom stereocenters. The maximum absolute atomic E-state index is 13.0. The van der Waals surface area contributed by atoms with Gasteiger partial charge in [0.25, 0.3) is 0 Å². The smallest absolute Gasteiger partial charge is 0.312 e. The summed E-state index contributed by atoms with van der Waals surface area (Å²) in [6.45, 7) is 7.83. The average Bonchev–Trinajstić information content (AvgIpc) is 3.23. The van der Waals surface area contributed by atoms with Crippen LogP contribution in [0.15, 0.2) is 24.3 Å². The molecule has 2 rings (SSSR count). The zero-order valence-corrected chi connectivity index (χ0v) is 14.3. The van der Waals surface area contributed by atoms with Gasteiger partial charge in [-0.1, -0.05) is 32.4 Å². The van der Waals surface area contributed by atoms with Crippen molar-refractivity contribution in [2.24, 2.45) is 11.3 Å². The predicted molar refractivity (Wildman–Crippen MR) is 87.7 cm³/mol. The van der Waals surface area contributed by atoms with E-state index >= 15 is 0 Å². The molecule has 128 valence electrons. The first-order valence-electron chi connectivity index (χ1n) is 8.47. The van der Waals surface area contributed by atoms with Crippen molar-refractivity contribution in [3.05, 3.63) is 35.6 Å². The Bertz CT molecular complexity index is 514. The molecule has 0 aromatic heterocycles. The SMILES string of the molecule is CCCCOC[C@@H](C)COC(=O)[C@]1(C)C[C@H]1c1ccc(F)cc1. The second-order valence-electron chi connectivity index (χ2n) is 6.86. The van der Waals surface area contributed by atoms with Gasteiger partial charge in [-0.15, -0.1) is 0 Å². The van der Waals surface area contributed by atoms with Crippen molar-refractivity contribution in [2.75, 3.05) is 19.8 Å². The molecule has 0 spiro atoms. The van der Waals surface area contributed by atoms with Gasteiger partial charge in [-0.25, -0.2) is 4.39 Å². The minimum Gasteiger partial charge on any atom is -0.465 e. The van der Waals surface area contributed by atoms with Crippen LogP contribution in [-0.4, -0.2) is 25.8 Å². The summed E-state index contributed by atoms with van der Waals surface area (Å²) in [5.74, 6) is -0.0862. The molecule has 3 atom stereocenters. The number of rotatable bonds is 9. The fourth-order valence-corrected chi connectivity index (χ4v) is 2.73. The Morgan fingerprint density at radius 1 is 1.35 bits per heavy atom. The zero-order chi connectivity index (χ0) is 16.9. The van der Waals surface area contributed by atoms with Gasteiger partial charge in [0.1, 0.15) is 5.82 Å². The fraction of sp³-hybridized carbons (Fsp3) is 0.632. The summed E-state index contributed by atoms with van der Waals surface area (Å²) >= 11 is 0. The van der Waals surface area contributed by atoms with E-state index < -0.39 is 5.41 Å². The molecule has 0 heterocycles. The van der Waals surface area contributed by atoms with Crippen LogP contribution in [0, 0.1) is 17.2 Å². The third-order valence-electron chi connectivity index (χ3n) is 4.52. The van der Waals surface area contributed by atoms with Crippen LogP contribution in [-0.2, 0) is 14.3 Å². The molecule has 1 aliphatic rings. The summed E-state index contributed by atoms with van der Waals surface area (Å²) < 4.78 is 24.0. The molecule has 1 fully saturated rings. The normalized spacial score (nSPS) is 24.3. The molecular formula is C19H27FO3. The molecule has 1 saturated carbocycles. The highest BCUT2D eigenvalue weighted by molar-refractivity contribution is 5.81. The Hall–Kier alpha value is -1.42. The van der Waals surface area contributed by atoms with E-state index in [1.54, 1.807) is 12.1 Å². The fourth-order valence-electron chi connectivity index (χ4n) is 2.73. The van der Waals surface area contributed by atoms with E-state index in [9.17, 15) is 9.18 Å². The number of hydrogen-bond donors (Lipinski definition) is 0. The van der Waals surface area contributed by atoms with Crippen LogP contribution < -0.4 is 0 Å². The van der Waals surface area contributed by atoms with Crippen LogP contribution in [0.5, 0.6) is 0 Å². The highest BCUT2D eigenvalue weighted by Crippen LogP contribution is 2.59. The monoisotopic (exact) mass is 322 g/mol. The lowest BCUT2D eigenvalue weighted by atomic mass is 10.0. The number of carbonyl (C=O) groups is 1. The number of halogens is 1. The first kappa shape index (κ1) is 17.9. The summed E-state index contributed by atoms with van der Waals surface area (Å²) in [6.07, 6.45) is 2.94. The van der Waals surface area contributed by atoms with Crippen molar-refractivity contribution >= 4 is 5.97 Å². The number of carbonyl (C=O) groups excluding carboxylic acids is 1. The van der Waals surface area contributed by atoms with E-state index in [0.717, 1.165) is 31.4 Å². The van der Waals surface area contributed by atoms with Gasteiger partial charge >= 0.3 is 5.97 Å². The minimum atomic E-state index is -0.472. The summed E-state index contributed by atoms with van der Waals surface area (Å²) in [7, 11) is 0. The van der Waals surface area contributed by atoms with Crippen molar-refractivity contribution in [3.8, 4) is 0 Å². The molecule has 3 nitrogen and oxygen atoms in total. The van der Waals surface area contributed by atoms with Crippen molar-refractivity contribution < 1.29 is 18.7 Å². The maximum atomic E-state index is 13.0. The molecule has 0 bridgehead atoms. The Morgan fingerprint density at radius 2 is 2.04 bits per heavy atom. The van der Waals surface area contributed by atoms with Gasteiger partial charge in [-0.3, -0.25) is 4.79 Å². The summed E-state index contributed by atoms with van der Waals surface area (Å²) in [5.41, 5.74) is 0.530. The molecule has 1 aliphatic carbocycles. The minimum absolute atomic E-state index is 0.131. The highest BCUT2D eigenvalue weighted by atomic mass is 19.1. The predicted octanol–water partition coefficient (Wildman–Crippen LogP) is 4.32. The van der Waals surface area contributed by atoms with Crippen LogP contribution >= 0.6 is 0 Å². The second kappa shape index (κ2) is 7.91. The quantitative estimate of drug-likeness (QED) is 0.502. The van der Waals surface area contributed by atoms with Crippen LogP contribution in [0.3, 0.4) is 0 Å². The molecule has 1 aromatic rings. The van der Waals surface area contributed by atoms with Gasteiger partial charge in [-0.05, 0) is 37.5 Å². The van der Waals surface area contributed by atoms with Crippen LogP contribution in [0.1, 0.15) is 51.5 Å². The molecule has 4 heteroatoms. The first-order valence-corrected chi connectivity index (χ1v) is 8.47. The van der Waals surface area contributed by atoms with Crippen LogP contribution in [0.2, 0.25) is 0 Å². The summed E-state index contributed by atoms with van der Waals surface area (Å²) in [6, 6.07) is 6.38. The Kier molecular flexibility index (Phi) is 6.17. The molecule has 0 N–H and O–H groups in total. The lowest BCUT2D eigenvalue weighted by Gasteiger charge is -2.16. The third kappa shape index (κ3) is 4.77. The lowest BCUT2D eigenvalue weighted by molar-refractivity contribution is -0.151. The van der Waals surface area contributed by atoms with Crippen molar-refractivity contribution in [1.82, 2.24) is 0 Å². The molecule has 0 aliphatic heterocycles. The van der Waals surface area contributed by atoms with Gasteiger partial charge in [0.2, 0.25) is 0 Å². The Labute approximate surface area is 138 Å². The molecule has 0 saturated heterocycles. The van der Waals surface area contributed by atoms with Gasteiger partial charge in [0, 0.05) is 18.4 Å².